The Labute approximate surface area is 165 Å². The SMILES string of the molecule is Oc1c(Cl)cc(NCc2ccccc2Sc2ccccc2Cl)cc1Cl. The molecule has 25 heavy (non-hydrogen) atoms. The highest BCUT2D eigenvalue weighted by Gasteiger charge is 2.09. The average molecular weight is 411 g/mol. The third kappa shape index (κ3) is 4.56. The van der Waals surface area contributed by atoms with Gasteiger partial charge in [-0.2, -0.15) is 0 Å². The van der Waals surface area contributed by atoms with Crippen LogP contribution in [0, 0.1) is 0 Å². The molecule has 0 aromatic heterocycles. The predicted octanol–water partition coefficient (Wildman–Crippen LogP) is 7.12. The molecule has 0 aliphatic carbocycles. The smallest absolute Gasteiger partial charge is 0.152 e. The van der Waals surface area contributed by atoms with Crippen molar-refractivity contribution in [2.45, 2.75) is 16.3 Å². The second-order valence-electron chi connectivity index (χ2n) is 5.28. The maximum atomic E-state index is 9.64. The van der Waals surface area contributed by atoms with E-state index < -0.39 is 0 Å². The van der Waals surface area contributed by atoms with E-state index in [9.17, 15) is 5.11 Å². The van der Waals surface area contributed by atoms with Gasteiger partial charge in [-0.25, -0.2) is 0 Å². The second-order valence-corrected chi connectivity index (χ2v) is 7.59. The Balaban J connectivity index is 1.79. The molecule has 0 saturated carbocycles. The first kappa shape index (κ1) is 18.3. The van der Waals surface area contributed by atoms with Crippen LogP contribution in [0.3, 0.4) is 0 Å². The van der Waals surface area contributed by atoms with E-state index in [-0.39, 0.29) is 15.8 Å². The van der Waals surface area contributed by atoms with Crippen LogP contribution in [0.25, 0.3) is 0 Å². The zero-order chi connectivity index (χ0) is 17.8. The van der Waals surface area contributed by atoms with Crippen molar-refractivity contribution in [1.82, 2.24) is 0 Å². The summed E-state index contributed by atoms with van der Waals surface area (Å²) >= 11 is 19.8. The van der Waals surface area contributed by atoms with E-state index >= 15 is 0 Å². The van der Waals surface area contributed by atoms with Crippen LogP contribution in [0.15, 0.2) is 70.5 Å². The van der Waals surface area contributed by atoms with Gasteiger partial charge in [0.05, 0.1) is 15.1 Å². The van der Waals surface area contributed by atoms with Crippen LogP contribution in [0.1, 0.15) is 5.56 Å². The fraction of sp³-hybridized carbons (Fsp3) is 0.0526. The number of phenols is 1. The molecule has 0 aliphatic rings. The lowest BCUT2D eigenvalue weighted by atomic mass is 10.2. The molecule has 2 nitrogen and oxygen atoms in total. The summed E-state index contributed by atoms with van der Waals surface area (Å²) in [5.41, 5.74) is 1.86. The van der Waals surface area contributed by atoms with Crippen molar-refractivity contribution < 1.29 is 5.11 Å². The molecule has 3 rings (SSSR count). The normalized spacial score (nSPS) is 10.7. The van der Waals surface area contributed by atoms with Gasteiger partial charge in [-0.15, -0.1) is 0 Å². The topological polar surface area (TPSA) is 32.3 Å². The van der Waals surface area contributed by atoms with Gasteiger partial charge < -0.3 is 10.4 Å². The summed E-state index contributed by atoms with van der Waals surface area (Å²) in [7, 11) is 0. The molecule has 0 saturated heterocycles. The molecule has 0 fully saturated rings. The lowest BCUT2D eigenvalue weighted by Crippen LogP contribution is -2.01. The summed E-state index contributed by atoms with van der Waals surface area (Å²) in [6.07, 6.45) is 0. The summed E-state index contributed by atoms with van der Waals surface area (Å²) in [6, 6.07) is 19.1. The number of rotatable bonds is 5. The first-order valence-electron chi connectivity index (χ1n) is 7.47. The predicted molar refractivity (Wildman–Crippen MR) is 107 cm³/mol. The number of hydrogen-bond donors (Lipinski definition) is 2. The zero-order valence-electron chi connectivity index (χ0n) is 13.0. The number of nitrogens with one attached hydrogen (secondary N) is 1. The molecule has 3 aromatic carbocycles. The maximum absolute atomic E-state index is 9.64. The van der Waals surface area contributed by atoms with Gasteiger partial charge in [-0.1, -0.05) is 76.9 Å². The molecule has 0 atom stereocenters. The van der Waals surface area contributed by atoms with Crippen LogP contribution in [0.5, 0.6) is 5.75 Å². The van der Waals surface area contributed by atoms with Crippen molar-refractivity contribution in [2.75, 3.05) is 5.32 Å². The standard InChI is InChI=1S/C19H14Cl3NOS/c20-14-6-2-4-8-18(14)25-17-7-3-1-5-12(17)11-23-13-9-15(21)19(24)16(22)10-13/h1-10,23-24H,11H2. The molecule has 2 N–H and O–H groups in total. The van der Waals surface area contributed by atoms with Crippen LogP contribution in [0.2, 0.25) is 15.1 Å². The summed E-state index contributed by atoms with van der Waals surface area (Å²) in [6.45, 7) is 0.588. The molecule has 0 unspecified atom stereocenters. The van der Waals surface area contributed by atoms with E-state index in [1.54, 1.807) is 23.9 Å². The monoisotopic (exact) mass is 409 g/mol. The minimum Gasteiger partial charge on any atom is -0.505 e. The first-order valence-corrected chi connectivity index (χ1v) is 9.42. The highest BCUT2D eigenvalue weighted by Crippen LogP contribution is 2.37. The van der Waals surface area contributed by atoms with Gasteiger partial charge in [0.25, 0.3) is 0 Å². The van der Waals surface area contributed by atoms with Crippen LogP contribution in [-0.4, -0.2) is 5.11 Å². The summed E-state index contributed by atoms with van der Waals surface area (Å²) in [4.78, 5) is 2.12. The minimum atomic E-state index is -0.108. The second kappa shape index (κ2) is 8.24. The van der Waals surface area contributed by atoms with E-state index in [1.807, 2.05) is 36.4 Å². The number of halogens is 3. The highest BCUT2D eigenvalue weighted by atomic mass is 35.5. The third-order valence-electron chi connectivity index (χ3n) is 3.53. The van der Waals surface area contributed by atoms with Crippen LogP contribution >= 0.6 is 46.6 Å². The zero-order valence-corrected chi connectivity index (χ0v) is 16.1. The minimum absolute atomic E-state index is 0.108. The number of benzene rings is 3. The average Bonchev–Trinajstić information content (AvgIpc) is 2.60. The molecule has 0 heterocycles. The summed E-state index contributed by atoms with van der Waals surface area (Å²) < 4.78 is 0. The molecular weight excluding hydrogens is 397 g/mol. The third-order valence-corrected chi connectivity index (χ3v) is 5.74. The fourth-order valence-electron chi connectivity index (χ4n) is 2.26. The molecule has 6 heteroatoms. The Hall–Kier alpha value is -1.52. The van der Waals surface area contributed by atoms with E-state index in [0.717, 1.165) is 26.1 Å². The molecule has 0 aliphatic heterocycles. The van der Waals surface area contributed by atoms with Crippen LogP contribution in [0.4, 0.5) is 5.69 Å². The van der Waals surface area contributed by atoms with E-state index in [1.165, 1.54) is 0 Å². The van der Waals surface area contributed by atoms with Gasteiger partial charge in [0, 0.05) is 22.0 Å². The van der Waals surface area contributed by atoms with E-state index in [2.05, 4.69) is 17.4 Å². The van der Waals surface area contributed by atoms with Crippen LogP contribution in [-0.2, 0) is 6.54 Å². The Morgan fingerprint density at radius 2 is 1.40 bits per heavy atom. The van der Waals surface area contributed by atoms with Gasteiger partial charge in [-0.3, -0.25) is 0 Å². The lowest BCUT2D eigenvalue weighted by Gasteiger charge is -2.13. The number of hydrogen-bond acceptors (Lipinski definition) is 3. The summed E-state index contributed by atoms with van der Waals surface area (Å²) in [5, 5.41) is 14.1. The first-order chi connectivity index (χ1) is 12.0. The van der Waals surface area contributed by atoms with Gasteiger partial charge >= 0.3 is 0 Å². The molecule has 0 radical (unpaired) electrons. The Kier molecular flexibility index (Phi) is 6.02. The highest BCUT2D eigenvalue weighted by molar-refractivity contribution is 7.99. The lowest BCUT2D eigenvalue weighted by molar-refractivity contribution is 0.476. The van der Waals surface area contributed by atoms with Gasteiger partial charge in [-0.05, 0) is 35.9 Å². The van der Waals surface area contributed by atoms with Gasteiger partial charge in [0.2, 0.25) is 0 Å². The summed E-state index contributed by atoms with van der Waals surface area (Å²) in [5.74, 6) is -0.108. The van der Waals surface area contributed by atoms with Crippen molar-refractivity contribution in [3.63, 3.8) is 0 Å². The van der Waals surface area contributed by atoms with Gasteiger partial charge in [0.15, 0.2) is 5.75 Å². The Morgan fingerprint density at radius 1 is 0.800 bits per heavy atom. The van der Waals surface area contributed by atoms with Crippen molar-refractivity contribution in [2.24, 2.45) is 0 Å². The Bertz CT molecular complexity index is 878. The molecule has 3 aromatic rings. The molecule has 128 valence electrons. The number of aromatic hydroxyl groups is 1. The fourth-order valence-corrected chi connectivity index (χ4v) is 3.97. The number of anilines is 1. The van der Waals surface area contributed by atoms with Crippen molar-refractivity contribution in [3.05, 3.63) is 81.3 Å². The number of phenolic OH excluding ortho intramolecular Hbond substituents is 1. The molecule has 0 bridgehead atoms. The van der Waals surface area contributed by atoms with E-state index in [0.29, 0.717) is 6.54 Å². The van der Waals surface area contributed by atoms with Gasteiger partial charge in [0.1, 0.15) is 0 Å². The molecule has 0 amide bonds. The quantitative estimate of drug-likeness (QED) is 0.439. The maximum Gasteiger partial charge on any atom is 0.152 e. The van der Waals surface area contributed by atoms with Crippen molar-refractivity contribution >= 4 is 52.3 Å². The van der Waals surface area contributed by atoms with Crippen molar-refractivity contribution in [3.8, 4) is 5.75 Å². The largest absolute Gasteiger partial charge is 0.505 e. The Morgan fingerprint density at radius 3 is 2.08 bits per heavy atom. The van der Waals surface area contributed by atoms with Crippen LogP contribution < -0.4 is 5.32 Å². The molecule has 0 spiro atoms. The van der Waals surface area contributed by atoms with Crippen molar-refractivity contribution in [1.29, 1.82) is 0 Å². The molecular formula is C19H14Cl3NOS. The van der Waals surface area contributed by atoms with E-state index in [4.69, 9.17) is 34.8 Å².